The highest BCUT2D eigenvalue weighted by molar-refractivity contribution is 7.07. The fourth-order valence-electron chi connectivity index (χ4n) is 2.63. The van der Waals surface area contributed by atoms with E-state index in [1.165, 1.54) is 11.1 Å². The maximum Gasteiger partial charge on any atom is 0.122 e. The lowest BCUT2D eigenvalue weighted by atomic mass is 9.88. The molecule has 1 aliphatic rings. The molecule has 0 saturated carbocycles. The molecule has 2 aromatic rings. The molecule has 2 atom stereocenters. The predicted molar refractivity (Wildman–Crippen MR) is 78.3 cm³/mol. The Balaban J connectivity index is 1.72. The van der Waals surface area contributed by atoms with Crippen molar-refractivity contribution in [2.75, 3.05) is 6.61 Å². The normalized spacial score (nSPS) is 19.5. The van der Waals surface area contributed by atoms with E-state index in [1.54, 1.807) is 11.3 Å². The van der Waals surface area contributed by atoms with Crippen molar-refractivity contribution in [3.8, 4) is 5.75 Å². The van der Waals surface area contributed by atoms with E-state index in [9.17, 15) is 0 Å². The number of para-hydroxylation sites is 1. The Bertz CT molecular complexity index is 527. The number of nitrogens with two attached hydrogens (primary N) is 1. The maximum absolute atomic E-state index is 5.85. The van der Waals surface area contributed by atoms with Gasteiger partial charge in [0.1, 0.15) is 5.75 Å². The van der Waals surface area contributed by atoms with Gasteiger partial charge in [0.15, 0.2) is 0 Å². The van der Waals surface area contributed by atoms with Crippen LogP contribution in [0.4, 0.5) is 0 Å². The zero-order chi connectivity index (χ0) is 13.1. The first kappa shape index (κ1) is 12.7. The first-order valence-corrected chi connectivity index (χ1v) is 7.49. The van der Waals surface area contributed by atoms with Crippen LogP contribution in [0.3, 0.4) is 0 Å². The Hall–Kier alpha value is -1.36. The lowest BCUT2D eigenvalue weighted by Gasteiger charge is -2.31. The van der Waals surface area contributed by atoms with E-state index in [-0.39, 0.29) is 6.04 Å². The van der Waals surface area contributed by atoms with Crippen LogP contribution in [0, 0.1) is 5.92 Å². The average molecular weight is 274 g/mol. The van der Waals surface area contributed by atoms with E-state index in [2.05, 4.69) is 34.4 Å². The van der Waals surface area contributed by atoms with Crippen LogP contribution < -0.4 is 16.0 Å². The fourth-order valence-corrected chi connectivity index (χ4v) is 3.32. The van der Waals surface area contributed by atoms with Crippen molar-refractivity contribution in [1.29, 1.82) is 0 Å². The molecule has 0 bridgehead atoms. The number of thiophene rings is 1. The molecule has 0 spiro atoms. The van der Waals surface area contributed by atoms with E-state index in [1.807, 2.05) is 12.1 Å². The van der Waals surface area contributed by atoms with Crippen LogP contribution in [-0.2, 0) is 12.8 Å². The first-order valence-electron chi connectivity index (χ1n) is 6.54. The Kier molecular flexibility index (Phi) is 3.82. The smallest absolute Gasteiger partial charge is 0.122 e. The van der Waals surface area contributed by atoms with Gasteiger partial charge in [0.2, 0.25) is 0 Å². The van der Waals surface area contributed by atoms with E-state index in [4.69, 9.17) is 10.6 Å². The van der Waals surface area contributed by atoms with Crippen molar-refractivity contribution in [3.05, 3.63) is 52.2 Å². The van der Waals surface area contributed by atoms with E-state index in [0.29, 0.717) is 5.92 Å². The minimum Gasteiger partial charge on any atom is -0.493 e. The third kappa shape index (κ3) is 2.81. The number of ether oxygens (including phenoxy) is 1. The van der Waals surface area contributed by atoms with Crippen molar-refractivity contribution < 1.29 is 4.74 Å². The molecule has 3 N–H and O–H groups in total. The summed E-state index contributed by atoms with van der Waals surface area (Å²) in [6.45, 7) is 0.732. The lowest BCUT2D eigenvalue weighted by Crippen LogP contribution is -2.46. The number of rotatable bonds is 4. The predicted octanol–water partition coefficient (Wildman–Crippen LogP) is 2.37. The Morgan fingerprint density at radius 3 is 3.05 bits per heavy atom. The topological polar surface area (TPSA) is 47.3 Å². The number of hydrazine groups is 1. The summed E-state index contributed by atoms with van der Waals surface area (Å²) in [5.41, 5.74) is 5.59. The molecule has 4 heteroatoms. The highest BCUT2D eigenvalue weighted by Gasteiger charge is 2.26. The fraction of sp³-hybridized carbons (Fsp3) is 0.333. The minimum absolute atomic E-state index is 0.253. The molecule has 0 fully saturated rings. The van der Waals surface area contributed by atoms with Gasteiger partial charge < -0.3 is 4.74 Å². The number of hydrogen-bond donors (Lipinski definition) is 2. The summed E-state index contributed by atoms with van der Waals surface area (Å²) in [4.78, 5) is 0. The van der Waals surface area contributed by atoms with Crippen molar-refractivity contribution in [2.24, 2.45) is 11.8 Å². The molecule has 1 aromatic heterocycles. The molecule has 2 unspecified atom stereocenters. The molecule has 3 nitrogen and oxygen atoms in total. The van der Waals surface area contributed by atoms with Gasteiger partial charge in [0, 0.05) is 12.0 Å². The van der Waals surface area contributed by atoms with Gasteiger partial charge in [0.05, 0.1) is 6.61 Å². The third-order valence-corrected chi connectivity index (χ3v) is 4.46. The summed E-state index contributed by atoms with van der Waals surface area (Å²) in [6.07, 6.45) is 1.98. The summed E-state index contributed by atoms with van der Waals surface area (Å²) in [5, 5.41) is 4.29. The summed E-state index contributed by atoms with van der Waals surface area (Å²) < 4.78 is 5.85. The van der Waals surface area contributed by atoms with Gasteiger partial charge in [-0.1, -0.05) is 18.2 Å². The van der Waals surface area contributed by atoms with Crippen LogP contribution in [0.25, 0.3) is 0 Å². The second-order valence-corrected chi connectivity index (χ2v) is 5.77. The molecular formula is C15H18N2OS. The summed E-state index contributed by atoms with van der Waals surface area (Å²) >= 11 is 1.73. The van der Waals surface area contributed by atoms with E-state index in [0.717, 1.165) is 25.2 Å². The minimum atomic E-state index is 0.253. The average Bonchev–Trinajstić information content (AvgIpc) is 2.97. The SMILES string of the molecule is NNC(Cc1ccsc1)C1COc2ccccc2C1. The second-order valence-electron chi connectivity index (χ2n) is 4.99. The molecular weight excluding hydrogens is 256 g/mol. The van der Waals surface area contributed by atoms with Crippen molar-refractivity contribution in [2.45, 2.75) is 18.9 Å². The summed E-state index contributed by atoms with van der Waals surface area (Å²) in [7, 11) is 0. The summed E-state index contributed by atoms with van der Waals surface area (Å²) in [6, 6.07) is 10.7. The molecule has 1 aromatic carbocycles. The van der Waals surface area contributed by atoms with Gasteiger partial charge in [-0.3, -0.25) is 11.3 Å². The van der Waals surface area contributed by atoms with Crippen LogP contribution in [-0.4, -0.2) is 12.6 Å². The zero-order valence-corrected chi connectivity index (χ0v) is 11.5. The van der Waals surface area contributed by atoms with Gasteiger partial charge in [0.25, 0.3) is 0 Å². The molecule has 19 heavy (non-hydrogen) atoms. The third-order valence-electron chi connectivity index (χ3n) is 3.73. The number of nitrogens with one attached hydrogen (secondary N) is 1. The Morgan fingerprint density at radius 1 is 1.37 bits per heavy atom. The first-order chi connectivity index (χ1) is 9.36. The number of fused-ring (bicyclic) bond motifs is 1. The van der Waals surface area contributed by atoms with Crippen LogP contribution in [0.5, 0.6) is 5.75 Å². The van der Waals surface area contributed by atoms with Crippen LogP contribution in [0.2, 0.25) is 0 Å². The van der Waals surface area contributed by atoms with Gasteiger partial charge in [-0.05, 0) is 46.9 Å². The standard InChI is InChI=1S/C15H18N2OS/c16-17-14(7-11-5-6-19-10-11)13-8-12-3-1-2-4-15(12)18-9-13/h1-6,10,13-14,17H,7-9,16H2. The monoisotopic (exact) mass is 274 g/mol. The largest absolute Gasteiger partial charge is 0.493 e. The Labute approximate surface area is 117 Å². The highest BCUT2D eigenvalue weighted by atomic mass is 32.1. The van der Waals surface area contributed by atoms with Crippen LogP contribution in [0.15, 0.2) is 41.1 Å². The summed E-state index contributed by atoms with van der Waals surface area (Å²) in [5.74, 6) is 7.17. The van der Waals surface area contributed by atoms with Gasteiger partial charge in [-0.25, -0.2) is 0 Å². The second kappa shape index (κ2) is 5.74. The molecule has 0 amide bonds. The molecule has 1 aliphatic heterocycles. The lowest BCUT2D eigenvalue weighted by molar-refractivity contribution is 0.183. The van der Waals surface area contributed by atoms with Crippen molar-refractivity contribution >= 4 is 11.3 Å². The number of hydrogen-bond acceptors (Lipinski definition) is 4. The van der Waals surface area contributed by atoms with Crippen LogP contribution in [0.1, 0.15) is 11.1 Å². The molecule has 100 valence electrons. The molecule has 0 aliphatic carbocycles. The zero-order valence-electron chi connectivity index (χ0n) is 10.7. The van der Waals surface area contributed by atoms with Crippen molar-refractivity contribution in [3.63, 3.8) is 0 Å². The van der Waals surface area contributed by atoms with Gasteiger partial charge >= 0.3 is 0 Å². The molecule has 3 rings (SSSR count). The van der Waals surface area contributed by atoms with Crippen molar-refractivity contribution in [1.82, 2.24) is 5.43 Å². The maximum atomic E-state index is 5.85. The van der Waals surface area contributed by atoms with Gasteiger partial charge in [-0.2, -0.15) is 11.3 Å². The molecule has 2 heterocycles. The quantitative estimate of drug-likeness (QED) is 0.665. The molecule has 0 radical (unpaired) electrons. The number of benzene rings is 1. The Morgan fingerprint density at radius 2 is 2.26 bits per heavy atom. The van der Waals surface area contributed by atoms with Crippen LogP contribution >= 0.6 is 11.3 Å². The van der Waals surface area contributed by atoms with Gasteiger partial charge in [-0.15, -0.1) is 0 Å². The van der Waals surface area contributed by atoms with E-state index < -0.39 is 0 Å². The van der Waals surface area contributed by atoms with E-state index >= 15 is 0 Å². The highest BCUT2D eigenvalue weighted by Crippen LogP contribution is 2.29. The molecule has 0 saturated heterocycles.